The Bertz CT molecular complexity index is 1400. The van der Waals surface area contributed by atoms with Crippen molar-refractivity contribution in [1.82, 2.24) is 19.9 Å². The predicted octanol–water partition coefficient (Wildman–Crippen LogP) is 1.41. The molecule has 0 bridgehead atoms. The van der Waals surface area contributed by atoms with Gasteiger partial charge < -0.3 is 41.9 Å². The summed E-state index contributed by atoms with van der Waals surface area (Å²) < 4.78 is 0. The Morgan fingerprint density at radius 2 is 1.54 bits per heavy atom. The van der Waals surface area contributed by atoms with Gasteiger partial charge >= 0.3 is 0 Å². The number of carbonyl (C=O) groups excluding carboxylic acids is 2. The zero-order chi connectivity index (χ0) is 29.1. The number of hydrogen-bond acceptors (Lipinski definition) is 11. The van der Waals surface area contributed by atoms with Crippen LogP contribution in [0.4, 0.5) is 29.2 Å². The molecule has 2 saturated heterocycles. The van der Waals surface area contributed by atoms with Crippen LogP contribution < -0.4 is 31.9 Å². The Labute approximate surface area is 238 Å². The van der Waals surface area contributed by atoms with E-state index in [1.165, 1.54) is 6.07 Å². The summed E-state index contributed by atoms with van der Waals surface area (Å²) in [7, 11) is 0. The number of aromatic hydroxyl groups is 1. The third kappa shape index (κ3) is 6.81. The Hall–Kier alpha value is -4.49. The van der Waals surface area contributed by atoms with Crippen molar-refractivity contribution in [3.05, 3.63) is 53.6 Å². The second-order valence-corrected chi connectivity index (χ2v) is 10.6. The van der Waals surface area contributed by atoms with Crippen LogP contribution in [0.25, 0.3) is 0 Å². The highest BCUT2D eigenvalue weighted by Crippen LogP contribution is 2.29. The summed E-state index contributed by atoms with van der Waals surface area (Å²) in [6.45, 7) is 6.94. The summed E-state index contributed by atoms with van der Waals surface area (Å²) in [6.07, 6.45) is 0.721. The molecule has 0 radical (unpaired) electrons. The summed E-state index contributed by atoms with van der Waals surface area (Å²) in [5.74, 6) is 0.803. The van der Waals surface area contributed by atoms with E-state index in [0.717, 1.165) is 12.0 Å². The lowest BCUT2D eigenvalue weighted by molar-refractivity contribution is -0.129. The first kappa shape index (κ1) is 28.1. The lowest BCUT2D eigenvalue weighted by Gasteiger charge is -2.36. The molecule has 2 atom stereocenters. The van der Waals surface area contributed by atoms with E-state index in [4.69, 9.17) is 16.5 Å². The van der Waals surface area contributed by atoms with Crippen LogP contribution in [0.1, 0.15) is 29.3 Å². The van der Waals surface area contributed by atoms with Crippen molar-refractivity contribution in [2.75, 3.05) is 59.7 Å². The van der Waals surface area contributed by atoms with Gasteiger partial charge in [0.2, 0.25) is 23.8 Å². The molecule has 2 aromatic carbocycles. The first-order valence-electron chi connectivity index (χ1n) is 13.7. The van der Waals surface area contributed by atoms with Gasteiger partial charge in [0.1, 0.15) is 5.75 Å². The van der Waals surface area contributed by atoms with Crippen molar-refractivity contribution in [2.24, 2.45) is 11.5 Å². The number of aryl methyl sites for hydroxylation is 1. The van der Waals surface area contributed by atoms with Crippen LogP contribution in [-0.2, 0) is 4.79 Å². The number of carbonyl (C=O) groups is 2. The second-order valence-electron chi connectivity index (χ2n) is 10.6. The summed E-state index contributed by atoms with van der Waals surface area (Å²) in [5.41, 5.74) is 14.8. The van der Waals surface area contributed by atoms with E-state index in [2.05, 4.69) is 20.6 Å². The zero-order valence-corrected chi connectivity index (χ0v) is 23.2. The number of hydrogen-bond donors (Lipinski definition) is 5. The van der Waals surface area contributed by atoms with Crippen LogP contribution in [0.2, 0.25) is 0 Å². The number of phenols is 1. The third-order valence-electron chi connectivity index (χ3n) is 7.23. The fourth-order valence-electron chi connectivity index (χ4n) is 5.00. The molecule has 2 fully saturated rings. The van der Waals surface area contributed by atoms with Crippen LogP contribution in [0.3, 0.4) is 0 Å². The molecule has 3 aromatic rings. The molecule has 5 rings (SSSR count). The van der Waals surface area contributed by atoms with Crippen molar-refractivity contribution < 1.29 is 14.7 Å². The largest absolute Gasteiger partial charge is 0.506 e. The fourth-order valence-corrected chi connectivity index (χ4v) is 5.00. The molecule has 2 aliphatic heterocycles. The zero-order valence-electron chi connectivity index (χ0n) is 23.2. The normalized spacial score (nSPS) is 19.2. The van der Waals surface area contributed by atoms with Gasteiger partial charge in [0.15, 0.2) is 0 Å². The number of phenolic OH excluding ortho intramolecular Hbond substituents is 1. The van der Waals surface area contributed by atoms with Crippen LogP contribution in [0, 0.1) is 6.92 Å². The topological polar surface area (TPSA) is 179 Å². The van der Waals surface area contributed by atoms with Crippen molar-refractivity contribution in [3.63, 3.8) is 0 Å². The molecule has 3 heterocycles. The molecule has 216 valence electrons. The summed E-state index contributed by atoms with van der Waals surface area (Å²) in [6, 6.07) is 11.8. The highest BCUT2D eigenvalue weighted by molar-refractivity contribution is 6.05. The SMILES string of the molecule is CC(=O)N1CCN(c2nc(Nc3ccc(NC(=O)c4ccc(C)cc4)c(O)c3)nc(N3C[C@H](N)C[C@H](N)C3)n2)CC1. The maximum atomic E-state index is 12.6. The molecule has 0 spiro atoms. The highest BCUT2D eigenvalue weighted by atomic mass is 16.3. The number of piperazine rings is 1. The number of aromatic nitrogens is 3. The third-order valence-corrected chi connectivity index (χ3v) is 7.23. The number of anilines is 5. The van der Waals surface area contributed by atoms with Crippen molar-refractivity contribution in [3.8, 4) is 5.75 Å². The van der Waals surface area contributed by atoms with Crippen molar-refractivity contribution >= 4 is 41.0 Å². The Kier molecular flexibility index (Phi) is 8.17. The van der Waals surface area contributed by atoms with Crippen molar-refractivity contribution in [2.45, 2.75) is 32.4 Å². The fraction of sp³-hybridized carbons (Fsp3) is 0.393. The Morgan fingerprint density at radius 3 is 2.15 bits per heavy atom. The first-order chi connectivity index (χ1) is 19.6. The Morgan fingerprint density at radius 1 is 0.902 bits per heavy atom. The number of nitrogens with one attached hydrogen (secondary N) is 2. The van der Waals surface area contributed by atoms with Gasteiger partial charge in [-0.25, -0.2) is 0 Å². The molecule has 2 amide bonds. The van der Waals surface area contributed by atoms with Crippen LogP contribution in [0.5, 0.6) is 5.75 Å². The van der Waals surface area contributed by atoms with E-state index in [1.54, 1.807) is 36.1 Å². The van der Waals surface area contributed by atoms with Crippen molar-refractivity contribution in [1.29, 1.82) is 0 Å². The van der Waals surface area contributed by atoms with E-state index in [1.807, 2.05) is 28.9 Å². The molecule has 13 heteroatoms. The van der Waals surface area contributed by atoms with Gasteiger partial charge in [-0.3, -0.25) is 9.59 Å². The number of benzene rings is 2. The summed E-state index contributed by atoms with van der Waals surface area (Å²) >= 11 is 0. The molecule has 0 unspecified atom stereocenters. The maximum Gasteiger partial charge on any atom is 0.255 e. The molecule has 0 saturated carbocycles. The minimum atomic E-state index is -0.324. The van der Waals surface area contributed by atoms with E-state index in [9.17, 15) is 14.7 Å². The highest BCUT2D eigenvalue weighted by Gasteiger charge is 2.27. The van der Waals surface area contributed by atoms with E-state index in [-0.39, 0.29) is 41.3 Å². The molecular formula is C28H36N10O3. The molecule has 13 nitrogen and oxygen atoms in total. The van der Waals surface area contributed by atoms with Gasteiger partial charge in [-0.05, 0) is 37.6 Å². The van der Waals surface area contributed by atoms with Gasteiger partial charge in [0, 0.05) is 75.6 Å². The number of nitrogens with two attached hydrogens (primary N) is 2. The van der Waals surface area contributed by atoms with Gasteiger partial charge in [-0.2, -0.15) is 15.0 Å². The molecular weight excluding hydrogens is 524 g/mol. The molecule has 2 aliphatic rings. The van der Waals surface area contributed by atoms with Crippen LogP contribution in [-0.4, -0.2) is 88.1 Å². The van der Waals surface area contributed by atoms with Gasteiger partial charge in [0.25, 0.3) is 5.91 Å². The average molecular weight is 561 g/mol. The maximum absolute atomic E-state index is 12.6. The van der Waals surface area contributed by atoms with Gasteiger partial charge in [-0.15, -0.1) is 0 Å². The Balaban J connectivity index is 1.37. The minimum Gasteiger partial charge on any atom is -0.506 e. The van der Waals surface area contributed by atoms with Gasteiger partial charge in [0.05, 0.1) is 5.69 Å². The van der Waals surface area contributed by atoms with E-state index >= 15 is 0 Å². The summed E-state index contributed by atoms with van der Waals surface area (Å²) in [4.78, 5) is 44.2. The molecule has 0 aliphatic carbocycles. The number of rotatable bonds is 6. The smallest absolute Gasteiger partial charge is 0.255 e. The van der Waals surface area contributed by atoms with E-state index < -0.39 is 0 Å². The number of nitrogens with zero attached hydrogens (tertiary/aromatic N) is 6. The van der Waals surface area contributed by atoms with Crippen LogP contribution in [0.15, 0.2) is 42.5 Å². The lowest BCUT2D eigenvalue weighted by Crippen LogP contribution is -2.53. The minimum absolute atomic E-state index is 0.0398. The number of piperidine rings is 1. The van der Waals surface area contributed by atoms with E-state index in [0.29, 0.717) is 62.4 Å². The summed E-state index contributed by atoms with van der Waals surface area (Å²) in [5, 5.41) is 16.6. The average Bonchev–Trinajstić information content (AvgIpc) is 2.94. The van der Waals surface area contributed by atoms with Gasteiger partial charge in [-0.1, -0.05) is 17.7 Å². The lowest BCUT2D eigenvalue weighted by atomic mass is 10.0. The quantitative estimate of drug-likeness (QED) is 0.275. The monoisotopic (exact) mass is 560 g/mol. The molecule has 41 heavy (non-hydrogen) atoms. The van der Waals surface area contributed by atoms with Crippen LogP contribution >= 0.6 is 0 Å². The molecule has 1 aromatic heterocycles. The predicted molar refractivity (Wildman–Crippen MR) is 158 cm³/mol. The second kappa shape index (κ2) is 11.9. The first-order valence-corrected chi connectivity index (χ1v) is 13.7. The molecule has 7 N–H and O–H groups in total. The standard InChI is InChI=1S/C28H36N10O3/c1-17-3-5-19(6-4-17)25(41)32-23-8-7-22(14-24(23)40)31-26-33-27(37-11-9-36(10-12-37)18(2)39)35-28(34-26)38-15-20(29)13-21(30)16-38/h3-8,14,20-21,40H,9-13,15-16,29-30H2,1-2H3,(H,32,41)(H,31,33,34,35)/t20-,21+. The number of amides is 2.